The molecule has 0 radical (unpaired) electrons. The van der Waals surface area contributed by atoms with E-state index < -0.39 is 10.0 Å². The second-order valence-electron chi connectivity index (χ2n) is 4.77. The van der Waals surface area contributed by atoms with Gasteiger partial charge in [-0.25, -0.2) is 13.6 Å². The van der Waals surface area contributed by atoms with Gasteiger partial charge in [-0.15, -0.1) is 0 Å². The van der Waals surface area contributed by atoms with E-state index in [-0.39, 0.29) is 10.8 Å². The Hall–Kier alpha value is -0.960. The van der Waals surface area contributed by atoms with E-state index >= 15 is 0 Å². The van der Waals surface area contributed by atoms with E-state index in [9.17, 15) is 8.42 Å². The van der Waals surface area contributed by atoms with Crippen molar-refractivity contribution in [1.29, 1.82) is 0 Å². The molecular formula is C15H17IN2O2S. The highest BCUT2D eigenvalue weighted by atomic mass is 127. The van der Waals surface area contributed by atoms with Gasteiger partial charge >= 0.3 is 0 Å². The third-order valence-corrected chi connectivity index (χ3v) is 5.26. The van der Waals surface area contributed by atoms with Gasteiger partial charge in [0.05, 0.1) is 4.90 Å². The van der Waals surface area contributed by atoms with Gasteiger partial charge in [0.25, 0.3) is 0 Å². The molecular weight excluding hydrogens is 399 g/mol. The summed E-state index contributed by atoms with van der Waals surface area (Å²) in [5.41, 5.74) is 7.97. The third kappa shape index (κ3) is 4.03. The molecule has 21 heavy (non-hydrogen) atoms. The molecule has 4 nitrogen and oxygen atoms in total. The molecule has 2 rings (SSSR count). The zero-order valence-electron chi connectivity index (χ0n) is 11.4. The Morgan fingerprint density at radius 1 is 1.05 bits per heavy atom. The molecule has 4 N–H and O–H groups in total. The molecule has 0 heterocycles. The lowest BCUT2D eigenvalue weighted by Gasteiger charge is -2.19. The van der Waals surface area contributed by atoms with Crippen LogP contribution in [0.4, 0.5) is 0 Å². The van der Waals surface area contributed by atoms with E-state index in [0.717, 1.165) is 12.0 Å². The van der Waals surface area contributed by atoms with Crippen LogP contribution in [-0.4, -0.2) is 15.0 Å². The lowest BCUT2D eigenvalue weighted by atomic mass is 9.89. The van der Waals surface area contributed by atoms with Crippen LogP contribution in [-0.2, 0) is 10.0 Å². The molecule has 2 aromatic carbocycles. The Balaban J connectivity index is 2.42. The van der Waals surface area contributed by atoms with Crippen LogP contribution in [0.3, 0.4) is 0 Å². The van der Waals surface area contributed by atoms with Crippen molar-refractivity contribution in [1.82, 2.24) is 0 Å². The van der Waals surface area contributed by atoms with Crippen LogP contribution in [0.25, 0.3) is 0 Å². The molecule has 0 spiro atoms. The van der Waals surface area contributed by atoms with Gasteiger partial charge < -0.3 is 5.73 Å². The smallest absolute Gasteiger partial charge is 0.238 e. The largest absolute Gasteiger partial charge is 0.330 e. The van der Waals surface area contributed by atoms with E-state index in [1.54, 1.807) is 12.1 Å². The van der Waals surface area contributed by atoms with Gasteiger partial charge in [-0.3, -0.25) is 0 Å². The minimum Gasteiger partial charge on any atom is -0.330 e. The van der Waals surface area contributed by atoms with Gasteiger partial charge in [-0.2, -0.15) is 0 Å². The Kier molecular flexibility index (Phi) is 5.37. The summed E-state index contributed by atoms with van der Waals surface area (Å²) >= 11 is 2.30. The van der Waals surface area contributed by atoms with E-state index in [0.29, 0.717) is 6.54 Å². The molecule has 0 saturated carbocycles. The molecule has 0 aromatic heterocycles. The fourth-order valence-corrected chi connectivity index (χ4v) is 3.59. The van der Waals surface area contributed by atoms with Crippen molar-refractivity contribution in [2.75, 3.05) is 6.54 Å². The molecule has 0 aliphatic rings. The maximum atomic E-state index is 11.3. The topological polar surface area (TPSA) is 86.2 Å². The third-order valence-electron chi connectivity index (χ3n) is 3.35. The second kappa shape index (κ2) is 6.87. The van der Waals surface area contributed by atoms with Crippen molar-refractivity contribution in [3.8, 4) is 0 Å². The second-order valence-corrected chi connectivity index (χ2v) is 7.49. The Labute approximate surface area is 138 Å². The summed E-state index contributed by atoms with van der Waals surface area (Å²) < 4.78 is 23.8. The van der Waals surface area contributed by atoms with Gasteiger partial charge in [-0.1, -0.05) is 30.3 Å². The van der Waals surface area contributed by atoms with Crippen molar-refractivity contribution in [2.24, 2.45) is 10.9 Å². The number of halogens is 1. The molecule has 112 valence electrons. The normalized spacial score (nSPS) is 13.1. The van der Waals surface area contributed by atoms with Crippen molar-refractivity contribution in [2.45, 2.75) is 17.2 Å². The van der Waals surface area contributed by atoms with Crippen LogP contribution < -0.4 is 10.9 Å². The quantitative estimate of drug-likeness (QED) is 0.735. The SMILES string of the molecule is NCCC(c1ccc(S(N)(=O)=O)cc1)c1ccccc1I. The zero-order valence-corrected chi connectivity index (χ0v) is 14.3. The van der Waals surface area contributed by atoms with Crippen LogP contribution in [0.2, 0.25) is 0 Å². The highest BCUT2D eigenvalue weighted by Crippen LogP contribution is 2.31. The Morgan fingerprint density at radius 2 is 1.67 bits per heavy atom. The van der Waals surface area contributed by atoms with Gasteiger partial charge in [-0.05, 0) is 64.9 Å². The molecule has 0 amide bonds. The number of hydrogen-bond donors (Lipinski definition) is 2. The van der Waals surface area contributed by atoms with Crippen LogP contribution in [0.5, 0.6) is 0 Å². The molecule has 2 aromatic rings. The summed E-state index contributed by atoms with van der Waals surface area (Å²) in [6.07, 6.45) is 0.800. The van der Waals surface area contributed by atoms with Gasteiger partial charge in [0, 0.05) is 9.49 Å². The fourth-order valence-electron chi connectivity index (χ4n) is 2.32. The monoisotopic (exact) mass is 416 g/mol. The summed E-state index contributed by atoms with van der Waals surface area (Å²) in [4.78, 5) is 0.125. The van der Waals surface area contributed by atoms with Crippen molar-refractivity contribution in [3.63, 3.8) is 0 Å². The number of nitrogens with two attached hydrogens (primary N) is 2. The molecule has 0 aliphatic heterocycles. The van der Waals surface area contributed by atoms with Crippen molar-refractivity contribution >= 4 is 32.6 Å². The van der Waals surface area contributed by atoms with E-state index in [2.05, 4.69) is 34.7 Å². The number of rotatable bonds is 5. The average molecular weight is 416 g/mol. The lowest BCUT2D eigenvalue weighted by Crippen LogP contribution is -2.13. The van der Waals surface area contributed by atoms with Crippen molar-refractivity contribution < 1.29 is 8.42 Å². The summed E-state index contributed by atoms with van der Waals surface area (Å²) in [5, 5.41) is 5.13. The summed E-state index contributed by atoms with van der Waals surface area (Å²) in [6, 6.07) is 14.8. The lowest BCUT2D eigenvalue weighted by molar-refractivity contribution is 0.597. The molecule has 0 saturated heterocycles. The first kappa shape index (κ1) is 16.4. The standard InChI is InChI=1S/C15H17IN2O2S/c16-15-4-2-1-3-14(15)13(9-10-17)11-5-7-12(8-6-11)21(18,19)20/h1-8,13H,9-10,17H2,(H2,18,19,20). The van der Waals surface area contributed by atoms with E-state index in [1.807, 2.05) is 24.3 Å². The van der Waals surface area contributed by atoms with Crippen molar-refractivity contribution in [3.05, 3.63) is 63.2 Å². The van der Waals surface area contributed by atoms with Crippen LogP contribution >= 0.6 is 22.6 Å². The highest BCUT2D eigenvalue weighted by Gasteiger charge is 2.17. The first-order valence-corrected chi connectivity index (χ1v) is 9.13. The molecule has 0 bridgehead atoms. The maximum Gasteiger partial charge on any atom is 0.238 e. The number of primary sulfonamides is 1. The molecule has 0 fully saturated rings. The van der Waals surface area contributed by atoms with Crippen LogP contribution in [0, 0.1) is 3.57 Å². The maximum absolute atomic E-state index is 11.3. The molecule has 0 aliphatic carbocycles. The number of hydrogen-bond acceptors (Lipinski definition) is 3. The average Bonchev–Trinajstić information content (AvgIpc) is 2.45. The fraction of sp³-hybridized carbons (Fsp3) is 0.200. The summed E-state index contributed by atoms with van der Waals surface area (Å²) in [6.45, 7) is 0.562. The molecule has 1 atom stereocenters. The molecule has 1 unspecified atom stereocenters. The van der Waals surface area contributed by atoms with E-state index in [1.165, 1.54) is 9.13 Å². The summed E-state index contributed by atoms with van der Waals surface area (Å²) in [5.74, 6) is 0.151. The first-order valence-electron chi connectivity index (χ1n) is 6.50. The van der Waals surface area contributed by atoms with Gasteiger partial charge in [0.2, 0.25) is 10.0 Å². The van der Waals surface area contributed by atoms with Crippen LogP contribution in [0.1, 0.15) is 23.5 Å². The molecule has 6 heteroatoms. The van der Waals surface area contributed by atoms with E-state index in [4.69, 9.17) is 10.9 Å². The first-order chi connectivity index (χ1) is 9.93. The summed E-state index contributed by atoms with van der Waals surface area (Å²) in [7, 11) is -3.66. The Morgan fingerprint density at radius 3 is 2.19 bits per heavy atom. The number of sulfonamides is 1. The van der Waals surface area contributed by atoms with Crippen LogP contribution in [0.15, 0.2) is 53.4 Å². The predicted molar refractivity (Wildman–Crippen MR) is 92.5 cm³/mol. The highest BCUT2D eigenvalue weighted by molar-refractivity contribution is 14.1. The minimum atomic E-state index is -3.66. The Bertz CT molecular complexity index is 715. The predicted octanol–water partition coefficient (Wildman–Crippen LogP) is 2.42. The van der Waals surface area contributed by atoms with Gasteiger partial charge in [0.15, 0.2) is 0 Å². The minimum absolute atomic E-state index is 0.125. The van der Waals surface area contributed by atoms with Gasteiger partial charge in [0.1, 0.15) is 0 Å². The zero-order chi connectivity index (χ0) is 15.5. The number of benzene rings is 2.